The fourth-order valence-corrected chi connectivity index (χ4v) is 12.8. The summed E-state index contributed by atoms with van der Waals surface area (Å²) in [6.45, 7) is 15.0. The molecule has 0 radical (unpaired) electrons. The van der Waals surface area contributed by atoms with Crippen LogP contribution in [0.2, 0.25) is 0 Å². The first-order valence-corrected chi connectivity index (χ1v) is 30.0. The first-order valence-electron chi connectivity index (χ1n) is 29.2. The van der Waals surface area contributed by atoms with E-state index >= 15 is 0 Å². The van der Waals surface area contributed by atoms with E-state index in [-0.39, 0.29) is 47.8 Å². The Morgan fingerprint density at radius 3 is 2.26 bits per heavy atom. The van der Waals surface area contributed by atoms with Crippen LogP contribution in [-0.2, 0) is 30.3 Å². The summed E-state index contributed by atoms with van der Waals surface area (Å²) in [6.07, 6.45) is 8.78. The number of hydrogen-bond donors (Lipinski definition) is 4. The molecule has 17 heteroatoms. The molecule has 0 spiro atoms. The van der Waals surface area contributed by atoms with Gasteiger partial charge in [0, 0.05) is 77.7 Å². The molecule has 432 valence electrons. The lowest BCUT2D eigenvalue weighted by Gasteiger charge is -2.37. The molecule has 1 aliphatic carbocycles. The topological polar surface area (TPSA) is 186 Å². The lowest BCUT2D eigenvalue weighted by molar-refractivity contribution is -0.139. The first kappa shape index (κ1) is 59.0. The zero-order valence-electron chi connectivity index (χ0n) is 48.0. The van der Waals surface area contributed by atoms with Crippen molar-refractivity contribution < 1.29 is 38.1 Å². The van der Waals surface area contributed by atoms with Gasteiger partial charge in [0.15, 0.2) is 0 Å². The smallest absolute Gasteiger partial charge is 0.253 e. The van der Waals surface area contributed by atoms with Crippen LogP contribution in [0.25, 0.3) is 33.2 Å². The minimum atomic E-state index is -0.535. The third-order valence-corrected chi connectivity index (χ3v) is 17.3. The van der Waals surface area contributed by atoms with Gasteiger partial charge < -0.3 is 54.4 Å². The van der Waals surface area contributed by atoms with E-state index in [4.69, 9.17) is 28.7 Å². The number of nitrogens with zero attached hydrogens (tertiary/aromatic N) is 3. The normalized spacial score (nSPS) is 16.8. The molecule has 3 aliphatic rings. The van der Waals surface area contributed by atoms with Crippen LogP contribution < -0.4 is 35.9 Å². The fraction of sp³-hybridized carbons (Fsp3) is 0.484. The maximum Gasteiger partial charge on any atom is 0.253 e. The van der Waals surface area contributed by atoms with Gasteiger partial charge in [0.2, 0.25) is 11.8 Å². The Bertz CT molecular complexity index is 3150. The molecule has 3 fully saturated rings. The molecule has 2 aliphatic heterocycles. The third kappa shape index (κ3) is 14.5. The zero-order chi connectivity index (χ0) is 56.8. The molecule has 81 heavy (non-hydrogen) atoms. The fourth-order valence-electron chi connectivity index (χ4n) is 11.8. The predicted molar refractivity (Wildman–Crippen MR) is 320 cm³/mol. The molecule has 16 nitrogen and oxygen atoms in total. The molecule has 9 rings (SSSR count). The highest BCUT2D eigenvalue weighted by molar-refractivity contribution is 7.10. The number of hydrogen-bond acceptors (Lipinski definition) is 13. The molecule has 3 amide bonds. The summed E-state index contributed by atoms with van der Waals surface area (Å²) in [6, 6.07) is 25.4. The number of likely N-dealkylation sites (tertiary alicyclic amines) is 1. The van der Waals surface area contributed by atoms with E-state index in [9.17, 15) is 19.2 Å². The number of thiazole rings is 1. The lowest BCUT2D eigenvalue weighted by Crippen LogP contribution is -2.55. The van der Waals surface area contributed by atoms with E-state index in [0.29, 0.717) is 82.3 Å². The summed E-state index contributed by atoms with van der Waals surface area (Å²) >= 11 is 1.59. The van der Waals surface area contributed by atoms with Crippen molar-refractivity contribution in [3.05, 3.63) is 128 Å². The summed E-state index contributed by atoms with van der Waals surface area (Å²) < 4.78 is 29.8. The first-order chi connectivity index (χ1) is 39.4. The maximum absolute atomic E-state index is 14.4. The number of anilines is 1. The third-order valence-electron chi connectivity index (χ3n) is 16.4. The lowest BCUT2D eigenvalue weighted by atomic mass is 9.83. The molecular formula is C64H81N7O9S. The molecule has 2 saturated heterocycles. The van der Waals surface area contributed by atoms with Gasteiger partial charge in [0.1, 0.15) is 35.8 Å². The van der Waals surface area contributed by atoms with Crippen molar-refractivity contribution >= 4 is 45.5 Å². The zero-order valence-corrected chi connectivity index (χ0v) is 48.9. The van der Waals surface area contributed by atoms with Crippen molar-refractivity contribution in [2.75, 3.05) is 77.9 Å². The standard InChI is InChI=1S/C64H81N7O9S/c1-7-70(48-25-28-76-29-26-48)57-38-47(37-53(43(57)4)61(73)66-39-54-41(2)36-42(3)67-62(54)74)45-19-21-49(22-20-45)79-34-32-77-30-31-78-33-35-80-58-24-23-51(50-16-11-12-17-52(50)58)55-40-81-63(68-55)56-18-13-27-71(56)64(75)59(46-14-9-8-10-15-46)69-60(72)44(5)65-6/h11-12,16-17,19-24,36-38,40,44,46,48,56,59,65H,7-10,13-15,18,25-35,39H2,1-6H3,(H,66,73)(H,67,74)(H,69,72)/t44-,56-,59-/m0/s1. The Balaban J connectivity index is 0.741. The van der Waals surface area contributed by atoms with E-state index in [2.05, 4.69) is 62.4 Å². The number of ether oxygens (including phenoxy) is 5. The van der Waals surface area contributed by atoms with Crippen molar-refractivity contribution in [2.24, 2.45) is 5.92 Å². The average molecular weight is 1120 g/mol. The van der Waals surface area contributed by atoms with Crippen LogP contribution in [0.4, 0.5) is 5.69 Å². The summed E-state index contributed by atoms with van der Waals surface area (Å²) in [4.78, 5) is 66.7. The number of carbonyl (C=O) groups excluding carboxylic acids is 3. The minimum Gasteiger partial charge on any atom is -0.491 e. The number of aryl methyl sites for hydroxylation is 2. The van der Waals surface area contributed by atoms with Gasteiger partial charge in [-0.15, -0.1) is 11.3 Å². The number of H-pyrrole nitrogens is 1. The van der Waals surface area contributed by atoms with Crippen LogP contribution in [0.1, 0.15) is 115 Å². The van der Waals surface area contributed by atoms with E-state index in [1.54, 1.807) is 18.4 Å². The second kappa shape index (κ2) is 28.4. The summed E-state index contributed by atoms with van der Waals surface area (Å²) in [5.74, 6) is 1.24. The maximum atomic E-state index is 14.4. The summed E-state index contributed by atoms with van der Waals surface area (Å²) in [5.41, 5.74) is 8.17. The van der Waals surface area contributed by atoms with Crippen molar-refractivity contribution in [1.29, 1.82) is 0 Å². The van der Waals surface area contributed by atoms with Crippen LogP contribution in [0, 0.1) is 26.7 Å². The Labute approximate surface area is 480 Å². The van der Waals surface area contributed by atoms with Gasteiger partial charge in [0.05, 0.1) is 44.2 Å². The quantitative estimate of drug-likeness (QED) is 0.0399. The molecule has 6 aromatic rings. The van der Waals surface area contributed by atoms with Crippen molar-refractivity contribution in [1.82, 2.24) is 30.8 Å². The number of nitrogens with one attached hydrogen (secondary N) is 4. The molecule has 0 bridgehead atoms. The largest absolute Gasteiger partial charge is 0.491 e. The molecule has 4 N–H and O–H groups in total. The Morgan fingerprint density at radius 1 is 0.827 bits per heavy atom. The number of carbonyl (C=O) groups is 3. The molecule has 0 unspecified atom stereocenters. The summed E-state index contributed by atoms with van der Waals surface area (Å²) in [7, 11) is 1.76. The number of fused-ring (bicyclic) bond motifs is 1. The second-order valence-electron chi connectivity index (χ2n) is 21.7. The number of likely N-dealkylation sites (N-methyl/N-ethyl adjacent to an activating group) is 1. The van der Waals surface area contributed by atoms with Gasteiger partial charge in [-0.25, -0.2) is 4.98 Å². The van der Waals surface area contributed by atoms with Gasteiger partial charge in [-0.3, -0.25) is 19.2 Å². The SMILES string of the molecule is CCN(c1cc(-c2ccc(OCCOCCOCCOc3ccc(-c4csc([C@@H]5CCCN5C(=O)[C@@H](NC(=O)[C@H](C)NC)C5CCCCC5)n4)c4ccccc34)cc2)cc(C(=O)NCc2c(C)cc(C)[nH]c2=O)c1C)C1CCOCC1. The predicted octanol–water partition coefficient (Wildman–Crippen LogP) is 10.0. The van der Waals surface area contributed by atoms with Gasteiger partial charge >= 0.3 is 0 Å². The molecule has 2 aromatic heterocycles. The van der Waals surface area contributed by atoms with Gasteiger partial charge in [-0.1, -0.05) is 55.7 Å². The molecular weight excluding hydrogens is 1040 g/mol. The van der Waals surface area contributed by atoms with Gasteiger partial charge in [-0.2, -0.15) is 0 Å². The van der Waals surface area contributed by atoms with Gasteiger partial charge in [-0.05, 0) is 156 Å². The highest BCUT2D eigenvalue weighted by atomic mass is 32.1. The van der Waals surface area contributed by atoms with Crippen LogP contribution in [-0.4, -0.2) is 124 Å². The average Bonchev–Trinajstić information content (AvgIpc) is 4.23. The van der Waals surface area contributed by atoms with E-state index in [0.717, 1.165) is 124 Å². The number of aromatic nitrogens is 2. The van der Waals surface area contributed by atoms with Crippen molar-refractivity contribution in [3.8, 4) is 33.9 Å². The Hall–Kier alpha value is -6.63. The van der Waals surface area contributed by atoms with Crippen LogP contribution in [0.3, 0.4) is 0 Å². The van der Waals surface area contributed by atoms with E-state index in [1.165, 1.54) is 6.42 Å². The van der Waals surface area contributed by atoms with Gasteiger partial charge in [0.25, 0.3) is 11.5 Å². The number of pyridine rings is 1. The number of benzene rings is 4. The number of amides is 3. The van der Waals surface area contributed by atoms with Crippen LogP contribution >= 0.6 is 11.3 Å². The Kier molecular flexibility index (Phi) is 20.7. The Morgan fingerprint density at radius 2 is 1.54 bits per heavy atom. The molecule has 3 atom stereocenters. The van der Waals surface area contributed by atoms with E-state index < -0.39 is 6.04 Å². The monoisotopic (exact) mass is 1120 g/mol. The van der Waals surface area contributed by atoms with E-state index in [1.807, 2.05) is 87.2 Å². The second-order valence-corrected chi connectivity index (χ2v) is 22.6. The highest BCUT2D eigenvalue weighted by Crippen LogP contribution is 2.41. The minimum absolute atomic E-state index is 0.0117. The van der Waals surface area contributed by atoms with Crippen molar-refractivity contribution in [3.63, 3.8) is 0 Å². The number of aromatic amines is 1. The van der Waals surface area contributed by atoms with Crippen LogP contribution in [0.5, 0.6) is 11.5 Å². The molecule has 1 saturated carbocycles. The highest BCUT2D eigenvalue weighted by Gasteiger charge is 2.40. The molecule has 4 aromatic carbocycles. The van der Waals surface area contributed by atoms with Crippen molar-refractivity contribution in [2.45, 2.75) is 123 Å². The van der Waals surface area contributed by atoms with Crippen LogP contribution in [0.15, 0.2) is 89.0 Å². The molecule has 4 heterocycles. The summed E-state index contributed by atoms with van der Waals surface area (Å²) in [5, 5.41) is 14.2. The number of rotatable bonds is 25.